The van der Waals surface area contributed by atoms with Gasteiger partial charge in [0.15, 0.2) is 0 Å². The molecule has 114 valence electrons. The van der Waals surface area contributed by atoms with Gasteiger partial charge in [-0.3, -0.25) is 0 Å². The van der Waals surface area contributed by atoms with Crippen molar-refractivity contribution in [3.63, 3.8) is 0 Å². The maximum atomic E-state index is 12.3. The predicted molar refractivity (Wildman–Crippen MR) is 79.8 cm³/mol. The minimum Gasteiger partial charge on any atom is -0.317 e. The van der Waals surface area contributed by atoms with E-state index in [0.717, 1.165) is 51.6 Å². The third kappa shape index (κ3) is 4.86. The Hall–Kier alpha value is 0.120. The van der Waals surface area contributed by atoms with E-state index < -0.39 is 10.2 Å². The topological polar surface area (TPSA) is 61.4 Å². The highest BCUT2D eigenvalue weighted by Crippen LogP contribution is 2.23. The summed E-state index contributed by atoms with van der Waals surface area (Å²) in [5.41, 5.74) is 0. The standard InChI is InChI=1S/C12H25N3O2S.ClH/c1-15(12-5-3-2-4-6-12)18(16,17)14-11-7-9-13-10-8-11;/h11-14H,2-10H2,1H3;1H. The highest BCUT2D eigenvalue weighted by Gasteiger charge is 2.29. The number of halogens is 1. The van der Waals surface area contributed by atoms with Crippen LogP contribution >= 0.6 is 12.4 Å². The number of hydrogen-bond donors (Lipinski definition) is 2. The maximum Gasteiger partial charge on any atom is 0.279 e. The summed E-state index contributed by atoms with van der Waals surface area (Å²) in [4.78, 5) is 0. The van der Waals surface area contributed by atoms with Gasteiger partial charge in [0, 0.05) is 19.1 Å². The third-order valence-corrected chi connectivity index (χ3v) is 5.81. The first-order valence-corrected chi connectivity index (χ1v) is 8.49. The summed E-state index contributed by atoms with van der Waals surface area (Å²) in [6.45, 7) is 1.81. The Labute approximate surface area is 123 Å². The van der Waals surface area contributed by atoms with Gasteiger partial charge in [0.2, 0.25) is 0 Å². The van der Waals surface area contributed by atoms with E-state index in [1.807, 2.05) is 0 Å². The van der Waals surface area contributed by atoms with Gasteiger partial charge in [-0.15, -0.1) is 12.4 Å². The van der Waals surface area contributed by atoms with Crippen LogP contribution in [0, 0.1) is 0 Å². The zero-order valence-electron chi connectivity index (χ0n) is 11.6. The fraction of sp³-hybridized carbons (Fsp3) is 1.00. The normalized spacial score (nSPS) is 23.3. The van der Waals surface area contributed by atoms with Gasteiger partial charge in [0.05, 0.1) is 0 Å². The Bertz CT molecular complexity index is 352. The predicted octanol–water partition coefficient (Wildman–Crippen LogP) is 1.26. The van der Waals surface area contributed by atoms with Crippen LogP contribution in [0.2, 0.25) is 0 Å². The molecule has 0 unspecified atom stereocenters. The van der Waals surface area contributed by atoms with Crippen LogP contribution in [-0.4, -0.2) is 44.9 Å². The highest BCUT2D eigenvalue weighted by atomic mass is 35.5. The molecule has 1 saturated carbocycles. The molecule has 2 fully saturated rings. The highest BCUT2D eigenvalue weighted by molar-refractivity contribution is 7.87. The van der Waals surface area contributed by atoms with Crippen LogP contribution in [0.3, 0.4) is 0 Å². The van der Waals surface area contributed by atoms with Crippen molar-refractivity contribution in [2.75, 3.05) is 20.1 Å². The molecular weight excluding hydrogens is 286 g/mol. The molecule has 1 heterocycles. The summed E-state index contributed by atoms with van der Waals surface area (Å²) in [5, 5.41) is 3.24. The number of rotatable bonds is 4. The Morgan fingerprint density at radius 3 is 2.21 bits per heavy atom. The summed E-state index contributed by atoms with van der Waals surface area (Å²) in [7, 11) is -1.58. The minimum atomic E-state index is -3.30. The summed E-state index contributed by atoms with van der Waals surface area (Å²) < 4.78 is 29.0. The van der Waals surface area contributed by atoms with Gasteiger partial charge >= 0.3 is 0 Å². The second-order valence-corrected chi connectivity index (χ2v) is 7.22. The number of piperidine rings is 1. The van der Waals surface area contributed by atoms with Crippen LogP contribution in [0.5, 0.6) is 0 Å². The van der Waals surface area contributed by atoms with Crippen molar-refractivity contribution in [2.24, 2.45) is 0 Å². The van der Waals surface area contributed by atoms with Gasteiger partial charge in [-0.1, -0.05) is 19.3 Å². The van der Waals surface area contributed by atoms with Gasteiger partial charge in [0.1, 0.15) is 0 Å². The van der Waals surface area contributed by atoms with Crippen molar-refractivity contribution >= 4 is 22.6 Å². The molecule has 0 aromatic heterocycles. The Morgan fingerprint density at radius 1 is 1.05 bits per heavy atom. The van der Waals surface area contributed by atoms with Crippen LogP contribution in [0.15, 0.2) is 0 Å². The average molecular weight is 312 g/mol. The fourth-order valence-corrected chi connectivity index (χ4v) is 4.30. The first kappa shape index (κ1) is 17.2. The van der Waals surface area contributed by atoms with Crippen LogP contribution < -0.4 is 10.0 Å². The van der Waals surface area contributed by atoms with E-state index in [1.165, 1.54) is 6.42 Å². The molecule has 2 N–H and O–H groups in total. The quantitative estimate of drug-likeness (QED) is 0.821. The van der Waals surface area contributed by atoms with Crippen molar-refractivity contribution < 1.29 is 8.42 Å². The van der Waals surface area contributed by atoms with Crippen LogP contribution in [-0.2, 0) is 10.2 Å². The van der Waals surface area contributed by atoms with Gasteiger partial charge < -0.3 is 5.32 Å². The second-order valence-electron chi connectivity index (χ2n) is 5.46. The lowest BCUT2D eigenvalue weighted by Gasteiger charge is -2.32. The van der Waals surface area contributed by atoms with Crippen molar-refractivity contribution in [3.8, 4) is 0 Å². The van der Waals surface area contributed by atoms with Crippen molar-refractivity contribution in [1.82, 2.24) is 14.3 Å². The monoisotopic (exact) mass is 311 g/mol. The summed E-state index contributed by atoms with van der Waals surface area (Å²) in [6, 6.07) is 0.292. The third-order valence-electron chi connectivity index (χ3n) is 4.12. The fourth-order valence-electron chi connectivity index (χ4n) is 2.87. The first-order valence-electron chi connectivity index (χ1n) is 7.05. The molecule has 0 radical (unpaired) electrons. The SMILES string of the molecule is CN(C1CCCCC1)S(=O)(=O)NC1CCNCC1.Cl. The van der Waals surface area contributed by atoms with E-state index in [0.29, 0.717) is 0 Å². The van der Waals surface area contributed by atoms with E-state index in [-0.39, 0.29) is 24.5 Å². The number of hydrogen-bond acceptors (Lipinski definition) is 3. The summed E-state index contributed by atoms with van der Waals surface area (Å²) in [5.74, 6) is 0. The van der Waals surface area contributed by atoms with Crippen LogP contribution in [0.4, 0.5) is 0 Å². The molecule has 0 aromatic carbocycles. The van der Waals surface area contributed by atoms with Gasteiger partial charge in [-0.2, -0.15) is 17.4 Å². The lowest BCUT2D eigenvalue weighted by molar-refractivity contribution is 0.279. The van der Waals surface area contributed by atoms with Gasteiger partial charge in [-0.05, 0) is 38.8 Å². The van der Waals surface area contributed by atoms with Crippen LogP contribution in [0.1, 0.15) is 44.9 Å². The molecule has 1 saturated heterocycles. The van der Waals surface area contributed by atoms with Crippen molar-refractivity contribution in [1.29, 1.82) is 0 Å². The minimum absolute atomic E-state index is 0. The molecule has 1 aliphatic carbocycles. The van der Waals surface area contributed by atoms with E-state index in [2.05, 4.69) is 10.0 Å². The number of nitrogens with one attached hydrogen (secondary N) is 2. The largest absolute Gasteiger partial charge is 0.317 e. The Morgan fingerprint density at radius 2 is 1.63 bits per heavy atom. The van der Waals surface area contributed by atoms with Gasteiger partial charge in [-0.25, -0.2) is 0 Å². The van der Waals surface area contributed by atoms with E-state index in [1.54, 1.807) is 11.4 Å². The molecule has 0 bridgehead atoms. The van der Waals surface area contributed by atoms with Crippen LogP contribution in [0.25, 0.3) is 0 Å². The summed E-state index contributed by atoms with van der Waals surface area (Å²) >= 11 is 0. The Kier molecular flexibility index (Phi) is 7.04. The number of nitrogens with zero attached hydrogens (tertiary/aromatic N) is 1. The molecule has 0 atom stereocenters. The summed E-state index contributed by atoms with van der Waals surface area (Å²) in [6.07, 6.45) is 7.32. The first-order chi connectivity index (χ1) is 8.59. The molecule has 0 spiro atoms. The molecule has 2 rings (SSSR count). The molecule has 5 nitrogen and oxygen atoms in total. The van der Waals surface area contributed by atoms with E-state index in [9.17, 15) is 8.42 Å². The lowest BCUT2D eigenvalue weighted by Crippen LogP contribution is -2.50. The van der Waals surface area contributed by atoms with Gasteiger partial charge in [0.25, 0.3) is 10.2 Å². The molecule has 2 aliphatic rings. The van der Waals surface area contributed by atoms with Crippen molar-refractivity contribution in [2.45, 2.75) is 57.0 Å². The van der Waals surface area contributed by atoms with Crippen molar-refractivity contribution in [3.05, 3.63) is 0 Å². The average Bonchev–Trinajstić information content (AvgIpc) is 2.39. The molecule has 19 heavy (non-hydrogen) atoms. The molecule has 0 amide bonds. The van der Waals surface area contributed by atoms with E-state index >= 15 is 0 Å². The molecule has 1 aliphatic heterocycles. The molecule has 7 heteroatoms. The molecule has 0 aromatic rings. The smallest absolute Gasteiger partial charge is 0.279 e. The zero-order chi connectivity index (χ0) is 13.0. The maximum absolute atomic E-state index is 12.3. The second kappa shape index (κ2) is 7.78. The molecular formula is C12H26ClN3O2S. The lowest BCUT2D eigenvalue weighted by atomic mass is 9.96. The Balaban J connectivity index is 0.00000180. The zero-order valence-corrected chi connectivity index (χ0v) is 13.2. The van der Waals surface area contributed by atoms with E-state index in [4.69, 9.17) is 0 Å².